The molecule has 1 heterocycles. The van der Waals surface area contributed by atoms with Gasteiger partial charge < -0.3 is 9.88 Å². The zero-order valence-electron chi connectivity index (χ0n) is 17.8. The average Bonchev–Trinajstić information content (AvgIpc) is 2.60. The number of nitrogens with one attached hydrogen (secondary N) is 1. The second-order valence-electron chi connectivity index (χ2n) is 7.20. The Kier molecular flexibility index (Phi) is 9.32. The van der Waals surface area contributed by atoms with Gasteiger partial charge in [0.25, 0.3) is 5.56 Å². The molecule has 8 nitrogen and oxygen atoms in total. The predicted molar refractivity (Wildman–Crippen MR) is 111 cm³/mol. The van der Waals surface area contributed by atoms with Crippen LogP contribution in [0.4, 0.5) is 0 Å². The van der Waals surface area contributed by atoms with Crippen molar-refractivity contribution < 1.29 is 13.2 Å². The second kappa shape index (κ2) is 10.7. The van der Waals surface area contributed by atoms with Crippen LogP contribution in [-0.2, 0) is 21.4 Å². The summed E-state index contributed by atoms with van der Waals surface area (Å²) in [5, 5.41) is 2.80. The fourth-order valence-electron chi connectivity index (χ4n) is 3.15. The molecule has 0 aliphatic heterocycles. The zero-order chi connectivity index (χ0) is 21.5. The maximum Gasteiger partial charge on any atom is 0.251 e. The number of rotatable bonds is 11. The molecule has 0 aromatic carbocycles. The Morgan fingerprint density at radius 1 is 1.11 bits per heavy atom. The minimum atomic E-state index is -3.69. The monoisotopic (exact) mass is 414 g/mol. The third-order valence-corrected chi connectivity index (χ3v) is 6.67. The summed E-state index contributed by atoms with van der Waals surface area (Å²) in [7, 11) is -3.69. The van der Waals surface area contributed by atoms with Crippen LogP contribution in [0.1, 0.15) is 41.5 Å². The van der Waals surface area contributed by atoms with Gasteiger partial charge >= 0.3 is 0 Å². The van der Waals surface area contributed by atoms with E-state index in [1.807, 2.05) is 0 Å². The molecule has 0 radical (unpaired) electrons. The molecule has 1 aromatic rings. The lowest BCUT2D eigenvalue weighted by atomic mass is 10.2. The first-order chi connectivity index (χ1) is 13.0. The topological polar surface area (TPSA) is 91.7 Å². The SMILES string of the molecule is CCN(CC)S(=O)(=O)c1ccc(=O)n(CC(=O)NCCN(C(C)C)C(C)C)c1. The Hall–Kier alpha value is -1.71. The smallest absolute Gasteiger partial charge is 0.251 e. The molecule has 0 saturated carbocycles. The van der Waals surface area contributed by atoms with E-state index < -0.39 is 15.6 Å². The summed E-state index contributed by atoms with van der Waals surface area (Å²) in [5.74, 6) is -0.327. The van der Waals surface area contributed by atoms with E-state index in [-0.39, 0.29) is 17.3 Å². The molecule has 0 unspecified atom stereocenters. The van der Waals surface area contributed by atoms with Crippen molar-refractivity contribution in [3.63, 3.8) is 0 Å². The van der Waals surface area contributed by atoms with E-state index >= 15 is 0 Å². The summed E-state index contributed by atoms with van der Waals surface area (Å²) >= 11 is 0. The van der Waals surface area contributed by atoms with Crippen molar-refractivity contribution in [1.82, 2.24) is 19.1 Å². The average molecular weight is 415 g/mol. The molecule has 1 rings (SSSR count). The molecule has 0 bridgehead atoms. The first-order valence-corrected chi connectivity index (χ1v) is 11.2. The molecule has 28 heavy (non-hydrogen) atoms. The predicted octanol–water partition coefficient (Wildman–Crippen LogP) is 1.11. The van der Waals surface area contributed by atoms with Crippen LogP contribution in [0.25, 0.3) is 0 Å². The van der Waals surface area contributed by atoms with Crippen LogP contribution in [0.5, 0.6) is 0 Å². The van der Waals surface area contributed by atoms with Gasteiger partial charge in [0.2, 0.25) is 15.9 Å². The van der Waals surface area contributed by atoms with Crippen molar-refractivity contribution in [2.24, 2.45) is 0 Å². The highest BCUT2D eigenvalue weighted by Gasteiger charge is 2.22. The van der Waals surface area contributed by atoms with E-state index in [9.17, 15) is 18.0 Å². The van der Waals surface area contributed by atoms with Crippen molar-refractivity contribution >= 4 is 15.9 Å². The van der Waals surface area contributed by atoms with E-state index in [0.717, 1.165) is 4.57 Å². The van der Waals surface area contributed by atoms with Gasteiger partial charge in [-0.05, 0) is 33.8 Å². The van der Waals surface area contributed by atoms with Crippen LogP contribution in [0.3, 0.4) is 0 Å². The van der Waals surface area contributed by atoms with E-state index in [4.69, 9.17) is 0 Å². The van der Waals surface area contributed by atoms with Crippen molar-refractivity contribution in [2.45, 2.75) is 65.1 Å². The normalized spacial score (nSPS) is 12.4. The van der Waals surface area contributed by atoms with Gasteiger partial charge in [-0.1, -0.05) is 13.8 Å². The third-order valence-electron chi connectivity index (χ3n) is 4.63. The van der Waals surface area contributed by atoms with Gasteiger partial charge in [-0.3, -0.25) is 14.5 Å². The van der Waals surface area contributed by atoms with E-state index in [0.29, 0.717) is 38.3 Å². The zero-order valence-corrected chi connectivity index (χ0v) is 18.6. The van der Waals surface area contributed by atoms with Crippen molar-refractivity contribution in [3.05, 3.63) is 28.7 Å². The number of aromatic nitrogens is 1. The Bertz CT molecular complexity index is 790. The number of nitrogens with zero attached hydrogens (tertiary/aromatic N) is 3. The van der Waals surface area contributed by atoms with Gasteiger partial charge in [0.05, 0.1) is 4.90 Å². The molecule has 0 fully saturated rings. The lowest BCUT2D eigenvalue weighted by Crippen LogP contribution is -2.43. The molecule has 0 atom stereocenters. The molecule has 0 aliphatic carbocycles. The molecular weight excluding hydrogens is 380 g/mol. The molecule has 1 N–H and O–H groups in total. The fraction of sp³-hybridized carbons (Fsp3) is 0.684. The molecule has 160 valence electrons. The standard InChI is InChI=1S/C19H34N4O4S/c1-7-22(8-2)28(26,27)17-9-10-19(25)21(13-17)14-18(24)20-11-12-23(15(3)4)16(5)6/h9-10,13,15-16H,7-8,11-12,14H2,1-6H3,(H,20,24). The van der Waals surface area contributed by atoms with Gasteiger partial charge in [0, 0.05) is 50.5 Å². The van der Waals surface area contributed by atoms with Gasteiger partial charge in [0.15, 0.2) is 0 Å². The number of pyridine rings is 1. The molecular formula is C19H34N4O4S. The van der Waals surface area contributed by atoms with Crippen molar-refractivity contribution in [3.8, 4) is 0 Å². The van der Waals surface area contributed by atoms with Gasteiger partial charge in [-0.15, -0.1) is 0 Å². The third kappa shape index (κ3) is 6.42. The van der Waals surface area contributed by atoms with Crippen LogP contribution in [0, 0.1) is 0 Å². The quantitative estimate of drug-likeness (QED) is 0.586. The second-order valence-corrected chi connectivity index (χ2v) is 9.13. The van der Waals surface area contributed by atoms with Crippen LogP contribution in [0.15, 0.2) is 28.0 Å². The van der Waals surface area contributed by atoms with Crippen LogP contribution >= 0.6 is 0 Å². The lowest BCUT2D eigenvalue weighted by Gasteiger charge is -2.30. The first kappa shape index (κ1) is 24.3. The summed E-state index contributed by atoms with van der Waals surface area (Å²) in [6.45, 7) is 13.5. The van der Waals surface area contributed by atoms with Crippen molar-refractivity contribution in [2.75, 3.05) is 26.2 Å². The lowest BCUT2D eigenvalue weighted by molar-refractivity contribution is -0.121. The first-order valence-electron chi connectivity index (χ1n) is 9.77. The highest BCUT2D eigenvalue weighted by atomic mass is 32.2. The number of hydrogen-bond acceptors (Lipinski definition) is 5. The Balaban J connectivity index is 2.84. The molecule has 0 spiro atoms. The minimum Gasteiger partial charge on any atom is -0.353 e. The summed E-state index contributed by atoms with van der Waals surface area (Å²) in [5.41, 5.74) is -0.417. The van der Waals surface area contributed by atoms with Gasteiger partial charge in [-0.25, -0.2) is 8.42 Å². The number of sulfonamides is 1. The summed E-state index contributed by atoms with van der Waals surface area (Å²) < 4.78 is 27.7. The Labute approximate surface area is 168 Å². The molecule has 0 saturated heterocycles. The maximum atomic E-state index is 12.6. The van der Waals surface area contributed by atoms with Crippen LogP contribution in [0.2, 0.25) is 0 Å². The highest BCUT2D eigenvalue weighted by molar-refractivity contribution is 7.89. The largest absolute Gasteiger partial charge is 0.353 e. The maximum absolute atomic E-state index is 12.6. The minimum absolute atomic E-state index is 0.00870. The Morgan fingerprint density at radius 2 is 1.68 bits per heavy atom. The van der Waals surface area contributed by atoms with Crippen molar-refractivity contribution in [1.29, 1.82) is 0 Å². The van der Waals surface area contributed by atoms with E-state index in [1.165, 1.54) is 22.6 Å². The summed E-state index contributed by atoms with van der Waals surface area (Å²) in [4.78, 5) is 26.6. The van der Waals surface area contributed by atoms with Gasteiger partial charge in [0.1, 0.15) is 6.54 Å². The number of hydrogen-bond donors (Lipinski definition) is 1. The van der Waals surface area contributed by atoms with E-state index in [2.05, 4.69) is 37.9 Å². The van der Waals surface area contributed by atoms with Crippen LogP contribution < -0.4 is 10.9 Å². The number of carbonyl (C=O) groups is 1. The van der Waals surface area contributed by atoms with Crippen LogP contribution in [-0.4, -0.2) is 66.4 Å². The molecule has 1 amide bonds. The molecule has 0 aliphatic rings. The van der Waals surface area contributed by atoms with Gasteiger partial charge in [-0.2, -0.15) is 4.31 Å². The Morgan fingerprint density at radius 3 is 2.18 bits per heavy atom. The number of carbonyl (C=O) groups excluding carboxylic acids is 1. The number of amides is 1. The summed E-state index contributed by atoms with van der Waals surface area (Å²) in [6, 6.07) is 3.19. The highest BCUT2D eigenvalue weighted by Crippen LogP contribution is 2.13. The fourth-order valence-corrected chi connectivity index (χ4v) is 4.62. The molecule has 9 heteroatoms. The molecule has 1 aromatic heterocycles. The summed E-state index contributed by atoms with van der Waals surface area (Å²) in [6.07, 6.45) is 1.24. The van der Waals surface area contributed by atoms with E-state index in [1.54, 1.807) is 13.8 Å².